The Morgan fingerprint density at radius 3 is 2.56 bits per heavy atom. The summed E-state index contributed by atoms with van der Waals surface area (Å²) in [7, 11) is 0. The summed E-state index contributed by atoms with van der Waals surface area (Å²) in [5.74, 6) is -1.72. The fraction of sp³-hybridized carbons (Fsp3) is 0.444. The molecule has 25 heavy (non-hydrogen) atoms. The first-order chi connectivity index (χ1) is 12.0. The number of hydrogen-bond donors (Lipinski definition) is 1. The number of benzene rings is 1. The van der Waals surface area contributed by atoms with E-state index in [9.17, 15) is 18.4 Å². The van der Waals surface area contributed by atoms with E-state index in [0.29, 0.717) is 32.7 Å². The maximum absolute atomic E-state index is 13.6. The molecule has 0 saturated carbocycles. The van der Waals surface area contributed by atoms with Gasteiger partial charge in [0.2, 0.25) is 11.8 Å². The molecule has 1 saturated heterocycles. The van der Waals surface area contributed by atoms with Crippen LogP contribution < -0.4 is 5.32 Å². The first kappa shape index (κ1) is 19.1. The van der Waals surface area contributed by atoms with Crippen molar-refractivity contribution in [3.05, 3.63) is 41.5 Å². The highest BCUT2D eigenvalue weighted by Crippen LogP contribution is 2.14. The number of nitrogens with zero attached hydrogens (tertiary/aromatic N) is 2. The van der Waals surface area contributed by atoms with Crippen molar-refractivity contribution >= 4 is 17.9 Å². The lowest BCUT2D eigenvalue weighted by molar-refractivity contribution is -0.125. The van der Waals surface area contributed by atoms with Crippen molar-refractivity contribution in [2.45, 2.75) is 13.3 Å². The molecule has 2 amide bonds. The molecule has 1 fully saturated rings. The molecule has 1 heterocycles. The van der Waals surface area contributed by atoms with E-state index in [4.69, 9.17) is 0 Å². The normalized spacial score (nSPS) is 16.0. The highest BCUT2D eigenvalue weighted by atomic mass is 19.1. The lowest BCUT2D eigenvalue weighted by Gasteiger charge is -2.20. The third kappa shape index (κ3) is 5.63. The molecular formula is C18H23F2N3O2. The second-order valence-corrected chi connectivity index (χ2v) is 5.88. The van der Waals surface area contributed by atoms with Gasteiger partial charge in [0.25, 0.3) is 0 Å². The maximum atomic E-state index is 13.6. The zero-order valence-electron chi connectivity index (χ0n) is 14.3. The molecule has 1 aromatic carbocycles. The molecule has 1 N–H and O–H groups in total. The highest BCUT2D eigenvalue weighted by molar-refractivity contribution is 5.91. The van der Waals surface area contributed by atoms with Gasteiger partial charge in [-0.1, -0.05) is 6.07 Å². The molecule has 136 valence electrons. The van der Waals surface area contributed by atoms with Gasteiger partial charge in [-0.05, 0) is 31.6 Å². The van der Waals surface area contributed by atoms with Crippen LogP contribution >= 0.6 is 0 Å². The van der Waals surface area contributed by atoms with Gasteiger partial charge in [0.15, 0.2) is 0 Å². The van der Waals surface area contributed by atoms with E-state index >= 15 is 0 Å². The summed E-state index contributed by atoms with van der Waals surface area (Å²) < 4.78 is 27.2. The van der Waals surface area contributed by atoms with E-state index < -0.39 is 11.6 Å². The third-order valence-electron chi connectivity index (χ3n) is 4.03. The number of halogens is 2. The van der Waals surface area contributed by atoms with Gasteiger partial charge in [-0.2, -0.15) is 0 Å². The van der Waals surface area contributed by atoms with Crippen LogP contribution in [0.25, 0.3) is 6.08 Å². The lowest BCUT2D eigenvalue weighted by atomic mass is 10.2. The van der Waals surface area contributed by atoms with Crippen LogP contribution in [-0.4, -0.2) is 60.9 Å². The van der Waals surface area contributed by atoms with Crippen LogP contribution in [0.3, 0.4) is 0 Å². The number of rotatable bonds is 5. The molecule has 0 atom stereocenters. The van der Waals surface area contributed by atoms with Crippen molar-refractivity contribution in [3.8, 4) is 0 Å². The van der Waals surface area contributed by atoms with Gasteiger partial charge < -0.3 is 10.2 Å². The van der Waals surface area contributed by atoms with Gasteiger partial charge in [0, 0.05) is 44.4 Å². The Kier molecular flexibility index (Phi) is 7.06. The molecule has 1 aromatic rings. The van der Waals surface area contributed by atoms with Crippen molar-refractivity contribution in [1.82, 2.24) is 15.1 Å². The van der Waals surface area contributed by atoms with Crippen molar-refractivity contribution in [2.75, 3.05) is 39.3 Å². The summed E-state index contributed by atoms with van der Waals surface area (Å²) in [5.41, 5.74) is -0.219. The zero-order valence-corrected chi connectivity index (χ0v) is 14.3. The number of carbonyl (C=O) groups is 2. The minimum absolute atomic E-state index is 0.0304. The molecule has 0 aliphatic carbocycles. The second kappa shape index (κ2) is 9.27. The topological polar surface area (TPSA) is 52.7 Å². The van der Waals surface area contributed by atoms with Crippen molar-refractivity contribution in [1.29, 1.82) is 0 Å². The number of hydrogen-bond acceptors (Lipinski definition) is 3. The summed E-state index contributed by atoms with van der Waals surface area (Å²) in [6.07, 6.45) is 3.11. The first-order valence-corrected chi connectivity index (χ1v) is 8.41. The maximum Gasteiger partial charge on any atom is 0.246 e. The van der Waals surface area contributed by atoms with Crippen LogP contribution in [0.4, 0.5) is 8.78 Å². The monoisotopic (exact) mass is 351 g/mol. The number of nitrogens with one attached hydrogen (secondary N) is 1. The van der Waals surface area contributed by atoms with Gasteiger partial charge in [-0.3, -0.25) is 14.5 Å². The SMILES string of the molecule is CCNC(=O)CN1CCCN(C(=O)/C=C\c2c(F)cccc2F)CC1. The number of amides is 2. The van der Waals surface area contributed by atoms with E-state index in [1.807, 2.05) is 11.8 Å². The Morgan fingerprint density at radius 1 is 1.16 bits per heavy atom. The molecule has 2 rings (SSSR count). The van der Waals surface area contributed by atoms with E-state index in [-0.39, 0.29) is 17.4 Å². The lowest BCUT2D eigenvalue weighted by Crippen LogP contribution is -2.39. The summed E-state index contributed by atoms with van der Waals surface area (Å²) in [5, 5.41) is 2.75. The Balaban J connectivity index is 1.92. The zero-order chi connectivity index (χ0) is 18.2. The molecule has 7 heteroatoms. The first-order valence-electron chi connectivity index (χ1n) is 8.41. The van der Waals surface area contributed by atoms with Crippen molar-refractivity contribution < 1.29 is 18.4 Å². The molecule has 0 unspecified atom stereocenters. The molecule has 0 spiro atoms. The summed E-state index contributed by atoms with van der Waals surface area (Å²) in [6.45, 7) is 5.11. The number of likely N-dealkylation sites (N-methyl/N-ethyl adjacent to an activating group) is 1. The fourth-order valence-electron chi connectivity index (χ4n) is 2.74. The van der Waals surface area contributed by atoms with Crippen molar-refractivity contribution in [3.63, 3.8) is 0 Å². The molecule has 0 radical (unpaired) electrons. The third-order valence-corrected chi connectivity index (χ3v) is 4.03. The Bertz CT molecular complexity index is 629. The van der Waals surface area contributed by atoms with Gasteiger partial charge in [-0.25, -0.2) is 8.78 Å². The van der Waals surface area contributed by atoms with E-state index in [0.717, 1.165) is 25.1 Å². The van der Waals surface area contributed by atoms with E-state index in [2.05, 4.69) is 5.32 Å². The average Bonchev–Trinajstić information content (AvgIpc) is 2.80. The smallest absolute Gasteiger partial charge is 0.246 e. The van der Waals surface area contributed by atoms with Crippen LogP contribution in [0.1, 0.15) is 18.9 Å². The van der Waals surface area contributed by atoms with Crippen LogP contribution in [0, 0.1) is 11.6 Å². The van der Waals surface area contributed by atoms with Gasteiger partial charge in [0.05, 0.1) is 6.54 Å². The second-order valence-electron chi connectivity index (χ2n) is 5.88. The van der Waals surface area contributed by atoms with Crippen LogP contribution in [0.2, 0.25) is 0 Å². The minimum atomic E-state index is -0.701. The van der Waals surface area contributed by atoms with Gasteiger partial charge in [0.1, 0.15) is 11.6 Å². The molecule has 5 nitrogen and oxygen atoms in total. The largest absolute Gasteiger partial charge is 0.355 e. The van der Waals surface area contributed by atoms with Crippen LogP contribution in [-0.2, 0) is 9.59 Å². The van der Waals surface area contributed by atoms with Crippen LogP contribution in [0.5, 0.6) is 0 Å². The fourth-order valence-corrected chi connectivity index (χ4v) is 2.74. The minimum Gasteiger partial charge on any atom is -0.355 e. The Labute approximate surface area is 146 Å². The van der Waals surface area contributed by atoms with E-state index in [1.54, 1.807) is 4.90 Å². The molecule has 0 bridgehead atoms. The van der Waals surface area contributed by atoms with Gasteiger partial charge >= 0.3 is 0 Å². The molecule has 0 aromatic heterocycles. The standard InChI is InChI=1S/C18H23F2N3O2/c1-2-21-17(24)13-22-9-4-10-23(12-11-22)18(25)8-7-14-15(19)5-3-6-16(14)20/h3,5-8H,2,4,9-13H2,1H3,(H,21,24)/b8-7-. The summed E-state index contributed by atoms with van der Waals surface area (Å²) in [6, 6.07) is 3.58. The van der Waals surface area contributed by atoms with Gasteiger partial charge in [-0.15, -0.1) is 0 Å². The average molecular weight is 351 g/mol. The molecule has 1 aliphatic rings. The summed E-state index contributed by atoms with van der Waals surface area (Å²) >= 11 is 0. The van der Waals surface area contributed by atoms with E-state index in [1.165, 1.54) is 18.2 Å². The summed E-state index contributed by atoms with van der Waals surface area (Å²) in [4.78, 5) is 27.6. The Hall–Kier alpha value is -2.28. The quantitative estimate of drug-likeness (QED) is 0.821. The predicted octanol–water partition coefficient (Wildman–Crippen LogP) is 1.65. The molecular weight excluding hydrogens is 328 g/mol. The molecule has 1 aliphatic heterocycles. The highest BCUT2D eigenvalue weighted by Gasteiger charge is 2.19. The van der Waals surface area contributed by atoms with Crippen molar-refractivity contribution in [2.24, 2.45) is 0 Å². The predicted molar refractivity (Wildman–Crippen MR) is 91.7 cm³/mol. The van der Waals surface area contributed by atoms with Crippen LogP contribution in [0.15, 0.2) is 24.3 Å². The number of carbonyl (C=O) groups excluding carboxylic acids is 2. The Morgan fingerprint density at radius 2 is 1.88 bits per heavy atom.